The maximum atomic E-state index is 11.3. The molecular weight excluding hydrogens is 199 g/mol. The van der Waals surface area contributed by atoms with Crippen molar-refractivity contribution >= 4 is 18.6 Å². The molecule has 0 fully saturated rings. The number of ether oxygens (including phenoxy) is 2. The third kappa shape index (κ3) is 2.71. The number of hydrogen-bond acceptors (Lipinski definition) is 5. The Morgan fingerprint density at radius 1 is 1.47 bits per heavy atom. The molecule has 5 nitrogen and oxygen atoms in total. The van der Waals surface area contributed by atoms with E-state index in [0.717, 1.165) is 19.2 Å². The van der Waals surface area contributed by atoms with E-state index in [-0.39, 0.29) is 16.8 Å². The summed E-state index contributed by atoms with van der Waals surface area (Å²) in [7, 11) is -3.41. The minimum atomic E-state index is -2.70. The molecule has 0 aliphatic heterocycles. The maximum absolute atomic E-state index is 11.3. The number of carbonyl (C=O) groups is 1. The fourth-order valence-corrected chi connectivity index (χ4v) is 1.07. The summed E-state index contributed by atoms with van der Waals surface area (Å²) in [4.78, 5) is 11.3. The summed E-state index contributed by atoms with van der Waals surface area (Å²) < 4.78 is 29.9. The fourth-order valence-electron chi connectivity index (χ4n) is 1.07. The molecule has 0 saturated heterocycles. The molecule has 0 aliphatic carbocycles. The molecule has 0 aliphatic rings. The molecule has 80 valence electrons. The van der Waals surface area contributed by atoms with E-state index in [9.17, 15) is 4.79 Å². The molecule has 6 heteroatoms. The molecular formula is C9H11BO5. The Labute approximate surface area is 91.6 Å². The smallest absolute Gasteiger partial charge is 0.488 e. The lowest BCUT2D eigenvalue weighted by Crippen LogP contribution is -2.30. The van der Waals surface area contributed by atoms with Gasteiger partial charge in [-0.3, -0.25) is 0 Å². The standard InChI is InChI=1S/C9H11BO5/c1-14-8-4-6(9(11)15-2)3-7(5-8)10(12)13/h3-5,12-13H,1-2H3/i1D3. The van der Waals surface area contributed by atoms with Crippen molar-refractivity contribution in [3.05, 3.63) is 23.8 Å². The van der Waals surface area contributed by atoms with Gasteiger partial charge in [-0.1, -0.05) is 0 Å². The predicted octanol–water partition coefficient (Wildman–Crippen LogP) is -0.838. The predicted molar refractivity (Wildman–Crippen MR) is 54.2 cm³/mol. The summed E-state index contributed by atoms with van der Waals surface area (Å²) >= 11 is 0. The number of benzene rings is 1. The lowest BCUT2D eigenvalue weighted by molar-refractivity contribution is 0.0600. The van der Waals surface area contributed by atoms with Crippen molar-refractivity contribution in [1.82, 2.24) is 0 Å². The number of carbonyl (C=O) groups excluding carboxylic acids is 1. The highest BCUT2D eigenvalue weighted by Gasteiger charge is 2.16. The minimum Gasteiger partial charge on any atom is -0.497 e. The zero-order chi connectivity index (χ0) is 13.9. The van der Waals surface area contributed by atoms with Crippen LogP contribution in [-0.2, 0) is 4.74 Å². The molecule has 0 heterocycles. The molecule has 0 spiro atoms. The summed E-state index contributed by atoms with van der Waals surface area (Å²) in [5.74, 6) is -0.922. The number of methoxy groups -OCH3 is 2. The molecule has 1 aromatic carbocycles. The second kappa shape index (κ2) is 4.81. The van der Waals surface area contributed by atoms with Crippen LogP contribution in [0.5, 0.6) is 5.75 Å². The summed E-state index contributed by atoms with van der Waals surface area (Å²) in [5, 5.41) is 18.1. The van der Waals surface area contributed by atoms with E-state index >= 15 is 0 Å². The van der Waals surface area contributed by atoms with Gasteiger partial charge >= 0.3 is 13.1 Å². The summed E-state index contributed by atoms with van der Waals surface area (Å²) in [5.41, 5.74) is -0.112. The monoisotopic (exact) mass is 213 g/mol. The largest absolute Gasteiger partial charge is 0.497 e. The van der Waals surface area contributed by atoms with Gasteiger partial charge in [0.2, 0.25) is 0 Å². The molecule has 1 aromatic rings. The second-order valence-electron chi connectivity index (χ2n) is 2.76. The average molecular weight is 213 g/mol. The Morgan fingerprint density at radius 2 is 2.20 bits per heavy atom. The molecule has 0 unspecified atom stereocenters. The van der Waals surface area contributed by atoms with E-state index in [4.69, 9.17) is 14.2 Å². The van der Waals surface area contributed by atoms with Crippen LogP contribution in [0.3, 0.4) is 0 Å². The van der Waals surface area contributed by atoms with Gasteiger partial charge in [0.05, 0.1) is 23.8 Å². The van der Waals surface area contributed by atoms with E-state index in [1.165, 1.54) is 6.07 Å². The lowest BCUT2D eigenvalue weighted by Gasteiger charge is -2.07. The summed E-state index contributed by atoms with van der Waals surface area (Å²) in [6, 6.07) is 3.43. The second-order valence-corrected chi connectivity index (χ2v) is 2.76. The molecule has 0 aromatic heterocycles. The topological polar surface area (TPSA) is 76.0 Å². The van der Waals surface area contributed by atoms with Gasteiger partial charge in [-0.2, -0.15) is 0 Å². The van der Waals surface area contributed by atoms with Crippen LogP contribution in [0.4, 0.5) is 0 Å². The normalized spacial score (nSPS) is 13.4. The van der Waals surface area contributed by atoms with Gasteiger partial charge in [0.25, 0.3) is 0 Å². The van der Waals surface area contributed by atoms with E-state index in [2.05, 4.69) is 9.47 Å². The van der Waals surface area contributed by atoms with Gasteiger partial charge in [0, 0.05) is 0 Å². The van der Waals surface area contributed by atoms with Gasteiger partial charge in [-0.25, -0.2) is 4.79 Å². The summed E-state index contributed by atoms with van der Waals surface area (Å²) in [6.45, 7) is 0. The van der Waals surface area contributed by atoms with Crippen LogP contribution >= 0.6 is 0 Å². The van der Waals surface area contributed by atoms with Crippen LogP contribution in [0.25, 0.3) is 0 Å². The van der Waals surface area contributed by atoms with Gasteiger partial charge < -0.3 is 19.5 Å². The maximum Gasteiger partial charge on any atom is 0.488 e. The van der Waals surface area contributed by atoms with Crippen LogP contribution in [0.15, 0.2) is 18.2 Å². The Bertz CT molecular complexity index is 446. The summed E-state index contributed by atoms with van der Waals surface area (Å²) in [6.07, 6.45) is 0. The molecule has 1 rings (SSSR count). The highest BCUT2D eigenvalue weighted by molar-refractivity contribution is 6.58. The molecule has 0 amide bonds. The van der Waals surface area contributed by atoms with Crippen molar-refractivity contribution in [3.63, 3.8) is 0 Å². The average Bonchev–Trinajstić information content (AvgIpc) is 2.25. The zero-order valence-electron chi connectivity index (χ0n) is 10.9. The Morgan fingerprint density at radius 3 is 2.73 bits per heavy atom. The van der Waals surface area contributed by atoms with Gasteiger partial charge in [-0.15, -0.1) is 0 Å². The SMILES string of the molecule is [2H]C([2H])([2H])Oc1cc(B(O)O)cc(C(=O)OC)c1. The van der Waals surface area contributed by atoms with Crippen molar-refractivity contribution in [3.8, 4) is 5.75 Å². The molecule has 2 N–H and O–H groups in total. The first-order valence-corrected chi connectivity index (χ1v) is 4.01. The fraction of sp³-hybridized carbons (Fsp3) is 0.222. The van der Waals surface area contributed by atoms with Gasteiger partial charge in [0.15, 0.2) is 0 Å². The van der Waals surface area contributed by atoms with E-state index < -0.39 is 20.1 Å². The molecule has 0 saturated carbocycles. The molecule has 0 atom stereocenters. The third-order valence-electron chi connectivity index (χ3n) is 1.77. The van der Waals surface area contributed by atoms with E-state index in [0.29, 0.717) is 0 Å². The quantitative estimate of drug-likeness (QED) is 0.505. The highest BCUT2D eigenvalue weighted by atomic mass is 16.5. The lowest BCUT2D eigenvalue weighted by atomic mass is 9.79. The van der Waals surface area contributed by atoms with Crippen LogP contribution < -0.4 is 10.2 Å². The van der Waals surface area contributed by atoms with Crippen molar-refractivity contribution in [2.75, 3.05) is 14.1 Å². The van der Waals surface area contributed by atoms with E-state index in [1.54, 1.807) is 0 Å². The van der Waals surface area contributed by atoms with Crippen LogP contribution in [0, 0.1) is 0 Å². The Kier molecular flexibility index (Phi) is 2.48. The first-order chi connectivity index (χ1) is 8.23. The third-order valence-corrected chi connectivity index (χ3v) is 1.77. The number of rotatable bonds is 3. The first-order valence-electron chi connectivity index (χ1n) is 5.51. The molecule has 0 bridgehead atoms. The molecule has 0 radical (unpaired) electrons. The van der Waals surface area contributed by atoms with Gasteiger partial charge in [-0.05, 0) is 23.7 Å². The van der Waals surface area contributed by atoms with Crippen molar-refractivity contribution in [2.45, 2.75) is 0 Å². The van der Waals surface area contributed by atoms with Crippen molar-refractivity contribution in [2.24, 2.45) is 0 Å². The van der Waals surface area contributed by atoms with Crippen molar-refractivity contribution < 1.29 is 28.4 Å². The van der Waals surface area contributed by atoms with Crippen LogP contribution in [0.1, 0.15) is 14.5 Å². The molecule has 15 heavy (non-hydrogen) atoms. The van der Waals surface area contributed by atoms with Crippen LogP contribution in [0.2, 0.25) is 0 Å². The highest BCUT2D eigenvalue weighted by Crippen LogP contribution is 2.12. The van der Waals surface area contributed by atoms with Gasteiger partial charge in [0.1, 0.15) is 5.75 Å². The van der Waals surface area contributed by atoms with Crippen LogP contribution in [-0.4, -0.2) is 37.3 Å². The number of esters is 1. The zero-order valence-corrected chi connectivity index (χ0v) is 7.93. The van der Waals surface area contributed by atoms with Crippen molar-refractivity contribution in [1.29, 1.82) is 0 Å². The number of hydrogen-bond donors (Lipinski definition) is 2. The Balaban J connectivity index is 3.18. The first kappa shape index (κ1) is 7.73. The van der Waals surface area contributed by atoms with E-state index in [1.807, 2.05) is 0 Å². The Hall–Kier alpha value is -1.53. The minimum absolute atomic E-state index is 0.0395.